The van der Waals surface area contributed by atoms with Crippen molar-refractivity contribution < 1.29 is 14.3 Å². The molecule has 1 saturated heterocycles. The van der Waals surface area contributed by atoms with E-state index in [9.17, 15) is 4.79 Å². The van der Waals surface area contributed by atoms with Crippen molar-refractivity contribution in [3.05, 3.63) is 29.8 Å². The van der Waals surface area contributed by atoms with Crippen molar-refractivity contribution in [1.82, 2.24) is 10.2 Å². The normalized spacial score (nSPS) is 15.6. The third-order valence-electron chi connectivity index (χ3n) is 3.61. The lowest BCUT2D eigenvalue weighted by Crippen LogP contribution is -2.39. The Morgan fingerprint density at radius 1 is 1.33 bits per heavy atom. The maximum absolute atomic E-state index is 11.6. The number of para-hydroxylation sites is 1. The summed E-state index contributed by atoms with van der Waals surface area (Å²) in [5, 5.41) is 2.81. The van der Waals surface area contributed by atoms with Crippen LogP contribution in [0.3, 0.4) is 0 Å². The van der Waals surface area contributed by atoms with Crippen molar-refractivity contribution in [2.24, 2.45) is 5.73 Å². The number of hydrogen-bond donors (Lipinski definition) is 2. The molecule has 0 bridgehead atoms. The lowest BCUT2D eigenvalue weighted by molar-refractivity contribution is -0.122. The van der Waals surface area contributed by atoms with Crippen molar-refractivity contribution >= 4 is 30.7 Å². The van der Waals surface area contributed by atoms with E-state index in [1.54, 1.807) is 6.92 Å². The van der Waals surface area contributed by atoms with Crippen molar-refractivity contribution in [3.8, 4) is 5.75 Å². The van der Waals surface area contributed by atoms with Crippen LogP contribution in [0.15, 0.2) is 24.3 Å². The first-order valence-electron chi connectivity index (χ1n) is 7.71. The van der Waals surface area contributed by atoms with E-state index in [1.807, 2.05) is 24.3 Å². The maximum Gasteiger partial charge on any atom is 0.236 e. The molecule has 1 aliphatic rings. The second kappa shape index (κ2) is 12.3. The molecule has 6 nitrogen and oxygen atoms in total. The lowest BCUT2D eigenvalue weighted by atomic mass is 10.2. The van der Waals surface area contributed by atoms with Crippen LogP contribution in [0.4, 0.5) is 0 Å². The summed E-state index contributed by atoms with van der Waals surface area (Å²) < 4.78 is 11.2. The number of nitrogens with one attached hydrogen (secondary N) is 1. The highest BCUT2D eigenvalue weighted by Crippen LogP contribution is 2.17. The van der Waals surface area contributed by atoms with Gasteiger partial charge in [-0.3, -0.25) is 9.69 Å². The van der Waals surface area contributed by atoms with E-state index in [-0.39, 0.29) is 30.7 Å². The first-order valence-corrected chi connectivity index (χ1v) is 7.71. The third-order valence-corrected chi connectivity index (χ3v) is 3.61. The molecule has 3 N–H and O–H groups in total. The molecule has 0 saturated carbocycles. The highest BCUT2D eigenvalue weighted by molar-refractivity contribution is 5.85. The zero-order chi connectivity index (χ0) is 15.8. The molecule has 1 heterocycles. The van der Waals surface area contributed by atoms with Gasteiger partial charge in [-0.15, -0.1) is 24.8 Å². The minimum absolute atomic E-state index is 0. The second-order valence-electron chi connectivity index (χ2n) is 5.42. The molecule has 1 aromatic carbocycles. The summed E-state index contributed by atoms with van der Waals surface area (Å²) in [4.78, 5) is 13.9. The average molecular weight is 380 g/mol. The van der Waals surface area contributed by atoms with Crippen molar-refractivity contribution in [3.63, 3.8) is 0 Å². The Bertz CT molecular complexity index is 483. The molecular formula is C16H27Cl2N3O3. The van der Waals surface area contributed by atoms with Crippen molar-refractivity contribution in [2.75, 3.05) is 39.5 Å². The Kier molecular flexibility index (Phi) is 11.8. The number of morpholine rings is 1. The largest absolute Gasteiger partial charge is 0.492 e. The zero-order valence-corrected chi connectivity index (χ0v) is 15.5. The smallest absolute Gasteiger partial charge is 0.236 e. The molecule has 1 atom stereocenters. The number of benzene rings is 1. The first-order chi connectivity index (χ1) is 10.7. The van der Waals surface area contributed by atoms with Gasteiger partial charge >= 0.3 is 0 Å². The molecule has 8 heteroatoms. The fourth-order valence-electron chi connectivity index (χ4n) is 2.24. The van der Waals surface area contributed by atoms with Gasteiger partial charge in [-0.25, -0.2) is 0 Å². The summed E-state index contributed by atoms with van der Waals surface area (Å²) >= 11 is 0. The van der Waals surface area contributed by atoms with Crippen LogP contribution in [0.1, 0.15) is 12.5 Å². The van der Waals surface area contributed by atoms with E-state index in [0.29, 0.717) is 13.2 Å². The number of ether oxygens (including phenoxy) is 2. The summed E-state index contributed by atoms with van der Waals surface area (Å²) in [6.45, 7) is 7.08. The molecule has 1 aromatic rings. The molecule has 1 amide bonds. The quantitative estimate of drug-likeness (QED) is 0.744. The number of rotatable bonds is 7. The fraction of sp³-hybridized carbons (Fsp3) is 0.562. The Balaban J connectivity index is 0.00000264. The van der Waals surface area contributed by atoms with Gasteiger partial charge < -0.3 is 20.5 Å². The second-order valence-corrected chi connectivity index (χ2v) is 5.42. The van der Waals surface area contributed by atoms with Crippen LogP contribution in [-0.2, 0) is 16.1 Å². The molecule has 0 aliphatic carbocycles. The number of carbonyl (C=O) groups excluding carboxylic acids is 1. The topological polar surface area (TPSA) is 76.8 Å². The molecular weight excluding hydrogens is 353 g/mol. The van der Waals surface area contributed by atoms with Crippen LogP contribution >= 0.6 is 24.8 Å². The minimum atomic E-state index is -0.505. The molecule has 0 spiro atoms. The van der Waals surface area contributed by atoms with E-state index >= 15 is 0 Å². The number of hydrogen-bond acceptors (Lipinski definition) is 5. The monoisotopic (exact) mass is 379 g/mol. The summed E-state index contributed by atoms with van der Waals surface area (Å²) in [6, 6.07) is 7.23. The minimum Gasteiger partial charge on any atom is -0.492 e. The summed E-state index contributed by atoms with van der Waals surface area (Å²) in [7, 11) is 0. The van der Waals surface area contributed by atoms with Gasteiger partial charge in [0.15, 0.2) is 0 Å². The first kappa shape index (κ1) is 22.9. The SMILES string of the molecule is C[C@@H](N)C(=O)NCc1ccccc1OCCN1CCOCC1.Cl.Cl. The van der Waals surface area contributed by atoms with E-state index < -0.39 is 6.04 Å². The van der Waals surface area contributed by atoms with Gasteiger partial charge in [0.1, 0.15) is 12.4 Å². The Morgan fingerprint density at radius 3 is 2.67 bits per heavy atom. The molecule has 0 aromatic heterocycles. The van der Waals surface area contributed by atoms with Crippen LogP contribution in [0, 0.1) is 0 Å². The van der Waals surface area contributed by atoms with Crippen LogP contribution in [-0.4, -0.2) is 56.3 Å². The standard InChI is InChI=1S/C16H25N3O3.2ClH/c1-13(17)16(20)18-12-14-4-2-3-5-15(14)22-11-8-19-6-9-21-10-7-19;;/h2-5,13H,6-12,17H2,1H3,(H,18,20);2*1H/t13-;;/m1../s1. The van der Waals surface area contributed by atoms with Gasteiger partial charge in [-0.05, 0) is 13.0 Å². The number of nitrogens with two attached hydrogens (primary N) is 1. The van der Waals surface area contributed by atoms with Gasteiger partial charge in [0, 0.05) is 31.7 Å². The fourth-order valence-corrected chi connectivity index (χ4v) is 2.24. The Labute approximate surface area is 155 Å². The summed E-state index contributed by atoms with van der Waals surface area (Å²) in [5.41, 5.74) is 6.50. The van der Waals surface area contributed by atoms with Gasteiger partial charge in [0.05, 0.1) is 19.3 Å². The van der Waals surface area contributed by atoms with Gasteiger partial charge in [0.2, 0.25) is 5.91 Å². The van der Waals surface area contributed by atoms with E-state index in [4.69, 9.17) is 15.2 Å². The van der Waals surface area contributed by atoms with E-state index in [1.165, 1.54) is 0 Å². The third kappa shape index (κ3) is 7.68. The van der Waals surface area contributed by atoms with Gasteiger partial charge in [-0.2, -0.15) is 0 Å². The number of nitrogens with zero attached hydrogens (tertiary/aromatic N) is 1. The molecule has 1 aliphatic heterocycles. The molecule has 24 heavy (non-hydrogen) atoms. The average Bonchev–Trinajstić information content (AvgIpc) is 2.54. The van der Waals surface area contributed by atoms with Crippen molar-refractivity contribution in [2.45, 2.75) is 19.5 Å². The maximum atomic E-state index is 11.6. The highest BCUT2D eigenvalue weighted by atomic mass is 35.5. The summed E-state index contributed by atoms with van der Waals surface area (Å²) in [6.07, 6.45) is 0. The van der Waals surface area contributed by atoms with Gasteiger partial charge in [-0.1, -0.05) is 18.2 Å². The van der Waals surface area contributed by atoms with Crippen LogP contribution in [0.2, 0.25) is 0 Å². The predicted molar refractivity (Wildman–Crippen MR) is 99.2 cm³/mol. The molecule has 0 radical (unpaired) electrons. The number of carbonyl (C=O) groups is 1. The predicted octanol–water partition coefficient (Wildman–Crippen LogP) is 1.20. The molecule has 1 fully saturated rings. The Hall–Kier alpha value is -1.05. The van der Waals surface area contributed by atoms with Crippen molar-refractivity contribution in [1.29, 1.82) is 0 Å². The number of amides is 1. The Morgan fingerprint density at radius 2 is 2.00 bits per heavy atom. The summed E-state index contributed by atoms with van der Waals surface area (Å²) in [5.74, 6) is 0.642. The van der Waals surface area contributed by atoms with Crippen LogP contribution < -0.4 is 15.8 Å². The molecule has 0 unspecified atom stereocenters. The van der Waals surface area contributed by atoms with Crippen LogP contribution in [0.25, 0.3) is 0 Å². The van der Waals surface area contributed by atoms with E-state index in [2.05, 4.69) is 10.2 Å². The zero-order valence-electron chi connectivity index (χ0n) is 13.9. The number of halogens is 2. The highest BCUT2D eigenvalue weighted by Gasteiger charge is 2.11. The van der Waals surface area contributed by atoms with Crippen LogP contribution in [0.5, 0.6) is 5.75 Å². The molecule has 138 valence electrons. The lowest BCUT2D eigenvalue weighted by Gasteiger charge is -2.26. The van der Waals surface area contributed by atoms with Gasteiger partial charge in [0.25, 0.3) is 0 Å². The van der Waals surface area contributed by atoms with E-state index in [0.717, 1.165) is 44.2 Å². The molecule has 2 rings (SSSR count).